The number of likely N-dealkylation sites (N-methyl/N-ethyl adjacent to an activating group) is 1. The van der Waals surface area contributed by atoms with Gasteiger partial charge in [0.1, 0.15) is 17.6 Å². The highest BCUT2D eigenvalue weighted by Crippen LogP contribution is 2.17. The van der Waals surface area contributed by atoms with Gasteiger partial charge in [0.2, 0.25) is 11.8 Å². The van der Waals surface area contributed by atoms with Crippen LogP contribution in [0.15, 0.2) is 48.5 Å². The van der Waals surface area contributed by atoms with Gasteiger partial charge in [0, 0.05) is 30.6 Å². The lowest BCUT2D eigenvalue weighted by Gasteiger charge is -2.28. The monoisotopic (exact) mass is 406 g/mol. The first kappa shape index (κ1) is 21.7. The molecule has 0 fully saturated rings. The first-order chi connectivity index (χ1) is 13.4. The van der Waals surface area contributed by atoms with E-state index in [4.69, 9.17) is 16.3 Å². The number of amides is 2. The number of nitrogens with one attached hydrogen (secondary N) is 1. The zero-order valence-electron chi connectivity index (χ0n) is 16.0. The van der Waals surface area contributed by atoms with E-state index in [2.05, 4.69) is 5.32 Å². The standard InChI is InChI=1S/C21H24ClFN2O3/c1-15(21(27)24-2)25(14-16-6-3-4-7-19(16)23)20(26)8-5-13-28-18-11-9-17(22)10-12-18/h3-4,6-7,9-12,15H,5,8,13-14H2,1-2H3,(H,24,27)/t15-/m0/s1. The molecule has 0 aliphatic heterocycles. The molecule has 2 aromatic rings. The third-order valence-electron chi connectivity index (χ3n) is 4.33. The van der Waals surface area contributed by atoms with E-state index in [1.807, 2.05) is 0 Å². The molecule has 0 heterocycles. The summed E-state index contributed by atoms with van der Waals surface area (Å²) in [5.41, 5.74) is 0.365. The zero-order valence-corrected chi connectivity index (χ0v) is 16.7. The average Bonchev–Trinajstić information content (AvgIpc) is 2.70. The smallest absolute Gasteiger partial charge is 0.242 e. The number of halogens is 2. The Morgan fingerprint density at radius 1 is 1.18 bits per heavy atom. The maximum atomic E-state index is 14.0. The molecule has 150 valence electrons. The zero-order chi connectivity index (χ0) is 20.5. The molecule has 0 spiro atoms. The molecular formula is C21H24ClFN2O3. The maximum absolute atomic E-state index is 14.0. The van der Waals surface area contributed by atoms with E-state index in [0.29, 0.717) is 29.4 Å². The van der Waals surface area contributed by atoms with E-state index in [9.17, 15) is 14.0 Å². The van der Waals surface area contributed by atoms with Crippen LogP contribution in [0.5, 0.6) is 5.75 Å². The van der Waals surface area contributed by atoms with Crippen LogP contribution in [0.4, 0.5) is 4.39 Å². The maximum Gasteiger partial charge on any atom is 0.242 e. The second-order valence-corrected chi connectivity index (χ2v) is 6.75. The quantitative estimate of drug-likeness (QED) is 0.644. The van der Waals surface area contributed by atoms with Crippen molar-refractivity contribution in [1.29, 1.82) is 0 Å². The number of carbonyl (C=O) groups excluding carboxylic acids is 2. The minimum absolute atomic E-state index is 0.0259. The van der Waals surface area contributed by atoms with Crippen molar-refractivity contribution in [3.05, 3.63) is 64.9 Å². The first-order valence-electron chi connectivity index (χ1n) is 9.05. The van der Waals surface area contributed by atoms with E-state index in [1.165, 1.54) is 18.0 Å². The van der Waals surface area contributed by atoms with E-state index in [1.54, 1.807) is 49.4 Å². The molecule has 1 N–H and O–H groups in total. The molecule has 0 aromatic heterocycles. The summed E-state index contributed by atoms with van der Waals surface area (Å²) in [6, 6.07) is 12.5. The number of carbonyl (C=O) groups is 2. The lowest BCUT2D eigenvalue weighted by atomic mass is 10.1. The van der Waals surface area contributed by atoms with Gasteiger partial charge in [0.05, 0.1) is 6.61 Å². The van der Waals surface area contributed by atoms with Crippen LogP contribution in [0.3, 0.4) is 0 Å². The Balaban J connectivity index is 1.97. The van der Waals surface area contributed by atoms with Crippen LogP contribution in [0, 0.1) is 5.82 Å². The Morgan fingerprint density at radius 2 is 1.86 bits per heavy atom. The van der Waals surface area contributed by atoms with Crippen LogP contribution < -0.4 is 10.1 Å². The third-order valence-corrected chi connectivity index (χ3v) is 4.58. The van der Waals surface area contributed by atoms with Gasteiger partial charge in [-0.25, -0.2) is 4.39 Å². The van der Waals surface area contributed by atoms with E-state index in [0.717, 1.165) is 0 Å². The highest BCUT2D eigenvalue weighted by molar-refractivity contribution is 6.30. The van der Waals surface area contributed by atoms with Crippen molar-refractivity contribution >= 4 is 23.4 Å². The number of rotatable bonds is 9. The predicted molar refractivity (Wildman–Crippen MR) is 107 cm³/mol. The van der Waals surface area contributed by atoms with Gasteiger partial charge in [-0.15, -0.1) is 0 Å². The summed E-state index contributed by atoms with van der Waals surface area (Å²) in [5.74, 6) is -0.282. The first-order valence-corrected chi connectivity index (χ1v) is 9.43. The summed E-state index contributed by atoms with van der Waals surface area (Å²) < 4.78 is 19.6. The normalized spacial score (nSPS) is 11.6. The SMILES string of the molecule is CNC(=O)[C@H](C)N(Cc1ccccc1F)C(=O)CCCOc1ccc(Cl)cc1. The molecule has 1 atom stereocenters. The third kappa shape index (κ3) is 6.23. The molecule has 2 aromatic carbocycles. The molecule has 2 rings (SSSR count). The van der Waals surface area contributed by atoms with E-state index >= 15 is 0 Å². The molecule has 2 amide bonds. The Kier molecular flexibility index (Phi) is 8.26. The van der Waals surface area contributed by atoms with Gasteiger partial charge in [-0.3, -0.25) is 9.59 Å². The number of nitrogens with zero attached hydrogens (tertiary/aromatic N) is 1. The topological polar surface area (TPSA) is 58.6 Å². The summed E-state index contributed by atoms with van der Waals surface area (Å²) in [6.07, 6.45) is 0.652. The highest BCUT2D eigenvalue weighted by atomic mass is 35.5. The number of benzene rings is 2. The van der Waals surface area contributed by atoms with Crippen LogP contribution in [0.1, 0.15) is 25.3 Å². The Bertz CT molecular complexity index is 798. The fourth-order valence-corrected chi connectivity index (χ4v) is 2.82. The molecule has 0 aliphatic rings. The number of ether oxygens (including phenoxy) is 1. The number of hydrogen-bond acceptors (Lipinski definition) is 3. The summed E-state index contributed by atoms with van der Waals surface area (Å²) in [4.78, 5) is 26.2. The molecule has 0 saturated heterocycles. The molecule has 0 bridgehead atoms. The van der Waals surface area contributed by atoms with Crippen LogP contribution in [0.2, 0.25) is 5.02 Å². The van der Waals surface area contributed by atoms with Gasteiger partial charge in [0.15, 0.2) is 0 Å². The van der Waals surface area contributed by atoms with Gasteiger partial charge in [-0.05, 0) is 43.7 Å². The van der Waals surface area contributed by atoms with Crippen LogP contribution in [-0.4, -0.2) is 36.4 Å². The van der Waals surface area contributed by atoms with Crippen LogP contribution in [-0.2, 0) is 16.1 Å². The van der Waals surface area contributed by atoms with Crippen molar-refractivity contribution in [1.82, 2.24) is 10.2 Å². The van der Waals surface area contributed by atoms with Crippen molar-refractivity contribution in [2.45, 2.75) is 32.4 Å². The minimum atomic E-state index is -0.714. The van der Waals surface area contributed by atoms with Gasteiger partial charge in [-0.2, -0.15) is 0 Å². The average molecular weight is 407 g/mol. The molecule has 0 unspecified atom stereocenters. The molecule has 7 heteroatoms. The summed E-state index contributed by atoms with van der Waals surface area (Å²) in [5, 5.41) is 3.15. The lowest BCUT2D eigenvalue weighted by molar-refractivity contribution is -0.140. The second-order valence-electron chi connectivity index (χ2n) is 6.31. The van der Waals surface area contributed by atoms with Crippen molar-refractivity contribution in [2.24, 2.45) is 0 Å². The minimum Gasteiger partial charge on any atom is -0.494 e. The van der Waals surface area contributed by atoms with E-state index < -0.39 is 11.9 Å². The Labute approximate surface area is 169 Å². The van der Waals surface area contributed by atoms with Gasteiger partial charge in [0.25, 0.3) is 0 Å². The van der Waals surface area contributed by atoms with Gasteiger partial charge >= 0.3 is 0 Å². The van der Waals surface area contributed by atoms with E-state index in [-0.39, 0.29) is 24.8 Å². The van der Waals surface area contributed by atoms with Crippen molar-refractivity contribution in [2.75, 3.05) is 13.7 Å². The molecule has 0 radical (unpaired) electrons. The van der Waals surface area contributed by atoms with Gasteiger partial charge in [-0.1, -0.05) is 29.8 Å². The van der Waals surface area contributed by atoms with Crippen LogP contribution in [0.25, 0.3) is 0 Å². The fourth-order valence-electron chi connectivity index (χ4n) is 2.69. The van der Waals surface area contributed by atoms with Crippen LogP contribution >= 0.6 is 11.6 Å². The fraction of sp³-hybridized carbons (Fsp3) is 0.333. The van der Waals surface area contributed by atoms with Crippen molar-refractivity contribution in [3.63, 3.8) is 0 Å². The number of hydrogen-bond donors (Lipinski definition) is 1. The molecule has 28 heavy (non-hydrogen) atoms. The molecular weight excluding hydrogens is 383 g/mol. The van der Waals surface area contributed by atoms with Crippen molar-refractivity contribution < 1.29 is 18.7 Å². The van der Waals surface area contributed by atoms with Crippen molar-refractivity contribution in [3.8, 4) is 5.75 Å². The Hall–Kier alpha value is -2.60. The van der Waals surface area contributed by atoms with Gasteiger partial charge < -0.3 is 15.0 Å². The molecule has 5 nitrogen and oxygen atoms in total. The Morgan fingerprint density at radius 3 is 2.50 bits per heavy atom. The predicted octanol–water partition coefficient (Wildman–Crippen LogP) is 3.80. The summed E-state index contributed by atoms with van der Waals surface area (Å²) in [7, 11) is 1.50. The summed E-state index contributed by atoms with van der Waals surface area (Å²) in [6.45, 7) is 2.00. The summed E-state index contributed by atoms with van der Waals surface area (Å²) >= 11 is 5.83. The largest absolute Gasteiger partial charge is 0.494 e. The molecule has 0 saturated carbocycles. The highest BCUT2D eigenvalue weighted by Gasteiger charge is 2.25. The second kappa shape index (κ2) is 10.7. The lowest BCUT2D eigenvalue weighted by Crippen LogP contribution is -2.46. The molecule has 0 aliphatic carbocycles.